The maximum atomic E-state index is 11.2. The highest BCUT2D eigenvalue weighted by molar-refractivity contribution is 14.0. The molecule has 1 aliphatic heterocycles. The smallest absolute Gasteiger partial charge is 0.191 e. The van der Waals surface area contributed by atoms with Crippen LogP contribution in [0.5, 0.6) is 0 Å². The highest BCUT2D eigenvalue weighted by Crippen LogP contribution is 2.14. The fourth-order valence-corrected chi connectivity index (χ4v) is 3.57. The zero-order chi connectivity index (χ0) is 18.7. The number of aliphatic imine (C=N–C) groups is 1. The van der Waals surface area contributed by atoms with Gasteiger partial charge < -0.3 is 15.4 Å². The Hall–Kier alpha value is -0.130. The minimum Gasteiger partial charge on any atom is -0.379 e. The van der Waals surface area contributed by atoms with Gasteiger partial charge in [-0.3, -0.25) is 9.89 Å². The molecular formula is C17H37IN4O3S. The Bertz CT molecular complexity index is 494. The Kier molecular flexibility index (Phi) is 13.9. The van der Waals surface area contributed by atoms with E-state index in [2.05, 4.69) is 29.4 Å². The van der Waals surface area contributed by atoms with Crippen molar-refractivity contribution in [2.75, 3.05) is 57.9 Å². The van der Waals surface area contributed by atoms with Gasteiger partial charge in [-0.2, -0.15) is 0 Å². The van der Waals surface area contributed by atoms with Crippen molar-refractivity contribution in [2.45, 2.75) is 39.7 Å². The van der Waals surface area contributed by atoms with Crippen molar-refractivity contribution in [3.05, 3.63) is 0 Å². The van der Waals surface area contributed by atoms with Crippen LogP contribution in [0.4, 0.5) is 0 Å². The van der Waals surface area contributed by atoms with Crippen molar-refractivity contribution in [1.82, 2.24) is 15.5 Å². The Morgan fingerprint density at radius 1 is 1.23 bits per heavy atom. The van der Waals surface area contributed by atoms with Gasteiger partial charge in [0.05, 0.1) is 25.5 Å². The van der Waals surface area contributed by atoms with Crippen LogP contribution in [0.2, 0.25) is 0 Å². The number of sulfone groups is 1. The van der Waals surface area contributed by atoms with Crippen molar-refractivity contribution in [3.8, 4) is 0 Å². The number of halogens is 1. The number of nitrogens with one attached hydrogen (secondary N) is 2. The molecule has 0 bridgehead atoms. The van der Waals surface area contributed by atoms with Gasteiger partial charge in [0.2, 0.25) is 0 Å². The van der Waals surface area contributed by atoms with Crippen LogP contribution in [0, 0.1) is 5.92 Å². The number of hydrogen-bond donors (Lipinski definition) is 2. The summed E-state index contributed by atoms with van der Waals surface area (Å²) in [5.41, 5.74) is 0. The number of nitrogens with zero attached hydrogens (tertiary/aromatic N) is 2. The summed E-state index contributed by atoms with van der Waals surface area (Å²) in [6.07, 6.45) is 2.96. The second kappa shape index (κ2) is 14.0. The fourth-order valence-electron chi connectivity index (χ4n) is 2.91. The second-order valence-corrected chi connectivity index (χ2v) is 9.32. The Labute approximate surface area is 176 Å². The van der Waals surface area contributed by atoms with Crippen molar-refractivity contribution < 1.29 is 13.2 Å². The topological polar surface area (TPSA) is 83.0 Å². The summed E-state index contributed by atoms with van der Waals surface area (Å²) in [7, 11) is -2.91. The highest BCUT2D eigenvalue weighted by atomic mass is 127. The Morgan fingerprint density at radius 2 is 1.88 bits per heavy atom. The second-order valence-electron chi connectivity index (χ2n) is 7.06. The molecule has 0 spiro atoms. The number of rotatable bonds is 10. The normalized spacial score (nSPS) is 17.7. The molecule has 1 aliphatic rings. The predicted molar refractivity (Wildman–Crippen MR) is 119 cm³/mol. The van der Waals surface area contributed by atoms with Crippen LogP contribution in [0.15, 0.2) is 4.99 Å². The van der Waals surface area contributed by atoms with Gasteiger partial charge in [0.25, 0.3) is 0 Å². The lowest BCUT2D eigenvalue weighted by Gasteiger charge is -2.34. The van der Waals surface area contributed by atoms with E-state index in [0.29, 0.717) is 24.9 Å². The molecule has 1 saturated heterocycles. The summed E-state index contributed by atoms with van der Waals surface area (Å²) < 4.78 is 27.9. The van der Waals surface area contributed by atoms with Gasteiger partial charge in [-0.1, -0.05) is 13.8 Å². The summed E-state index contributed by atoms with van der Waals surface area (Å²) in [6, 6.07) is 0.412. The van der Waals surface area contributed by atoms with Gasteiger partial charge in [0.1, 0.15) is 9.84 Å². The van der Waals surface area contributed by atoms with E-state index in [4.69, 9.17) is 9.73 Å². The molecule has 1 heterocycles. The first-order valence-corrected chi connectivity index (χ1v) is 11.4. The van der Waals surface area contributed by atoms with Crippen LogP contribution in [0.3, 0.4) is 0 Å². The van der Waals surface area contributed by atoms with E-state index in [9.17, 15) is 8.42 Å². The van der Waals surface area contributed by atoms with Crippen molar-refractivity contribution in [3.63, 3.8) is 0 Å². The Balaban J connectivity index is 0.00000625. The molecule has 0 amide bonds. The van der Waals surface area contributed by atoms with Crippen LogP contribution >= 0.6 is 24.0 Å². The van der Waals surface area contributed by atoms with E-state index in [1.807, 2.05) is 6.92 Å². The summed E-state index contributed by atoms with van der Waals surface area (Å²) in [6.45, 7) is 12.1. The fraction of sp³-hybridized carbons (Fsp3) is 0.941. The SMILES string of the molecule is CCNC(=NCC(CC(C)C)N1CCOCC1)NCCCS(C)(=O)=O.I. The predicted octanol–water partition coefficient (Wildman–Crippen LogP) is 1.34. The van der Waals surface area contributed by atoms with E-state index >= 15 is 0 Å². The van der Waals surface area contributed by atoms with Crippen LogP contribution in [0.25, 0.3) is 0 Å². The highest BCUT2D eigenvalue weighted by Gasteiger charge is 2.21. The Morgan fingerprint density at radius 3 is 2.42 bits per heavy atom. The van der Waals surface area contributed by atoms with Gasteiger partial charge in [-0.25, -0.2) is 8.42 Å². The lowest BCUT2D eigenvalue weighted by Crippen LogP contribution is -2.46. The molecule has 2 N–H and O–H groups in total. The minimum absolute atomic E-state index is 0. The van der Waals surface area contributed by atoms with Crippen molar-refractivity contribution >= 4 is 39.8 Å². The first-order valence-electron chi connectivity index (χ1n) is 9.33. The van der Waals surface area contributed by atoms with E-state index in [0.717, 1.165) is 51.8 Å². The quantitative estimate of drug-likeness (QED) is 0.202. The molecule has 26 heavy (non-hydrogen) atoms. The standard InChI is InChI=1S/C17H36N4O3S.HI/c1-5-18-17(19-7-6-12-25(4,22)23)20-14-16(13-15(2)3)21-8-10-24-11-9-21;/h15-16H,5-14H2,1-4H3,(H2,18,19,20);1H. The van der Waals surface area contributed by atoms with Crippen molar-refractivity contribution in [1.29, 1.82) is 0 Å². The molecule has 0 aromatic carbocycles. The third-order valence-electron chi connectivity index (χ3n) is 4.09. The lowest BCUT2D eigenvalue weighted by atomic mass is 10.0. The lowest BCUT2D eigenvalue weighted by molar-refractivity contribution is 0.0143. The molecule has 1 atom stereocenters. The molecule has 7 nitrogen and oxygen atoms in total. The molecule has 1 unspecified atom stereocenters. The minimum atomic E-state index is -2.91. The average Bonchev–Trinajstić information content (AvgIpc) is 2.54. The molecule has 0 radical (unpaired) electrons. The molecule has 0 saturated carbocycles. The van der Waals surface area contributed by atoms with Crippen molar-refractivity contribution in [2.24, 2.45) is 10.9 Å². The zero-order valence-electron chi connectivity index (χ0n) is 16.7. The van der Waals surface area contributed by atoms with Crippen LogP contribution in [0.1, 0.15) is 33.6 Å². The third kappa shape index (κ3) is 12.3. The van der Waals surface area contributed by atoms with Gasteiger partial charge in [0.15, 0.2) is 5.96 Å². The number of hydrogen-bond acceptors (Lipinski definition) is 5. The largest absolute Gasteiger partial charge is 0.379 e. The molecule has 1 fully saturated rings. The molecule has 9 heteroatoms. The summed E-state index contributed by atoms with van der Waals surface area (Å²) in [5.74, 6) is 1.58. The average molecular weight is 504 g/mol. The molecule has 0 aromatic heterocycles. The van der Waals surface area contributed by atoms with E-state index in [1.165, 1.54) is 6.26 Å². The first kappa shape index (κ1) is 25.9. The molecule has 0 aromatic rings. The van der Waals surface area contributed by atoms with E-state index in [1.54, 1.807) is 0 Å². The maximum absolute atomic E-state index is 11.2. The van der Waals surface area contributed by atoms with Gasteiger partial charge >= 0.3 is 0 Å². The number of guanidine groups is 1. The summed E-state index contributed by atoms with van der Waals surface area (Å²) >= 11 is 0. The third-order valence-corrected chi connectivity index (χ3v) is 5.12. The van der Waals surface area contributed by atoms with Gasteiger partial charge in [0, 0.05) is 38.5 Å². The van der Waals surface area contributed by atoms with Gasteiger partial charge in [-0.05, 0) is 25.7 Å². The van der Waals surface area contributed by atoms with Gasteiger partial charge in [-0.15, -0.1) is 24.0 Å². The van der Waals surface area contributed by atoms with Crippen LogP contribution < -0.4 is 10.6 Å². The van der Waals surface area contributed by atoms with Crippen LogP contribution in [-0.2, 0) is 14.6 Å². The van der Waals surface area contributed by atoms with E-state index < -0.39 is 9.84 Å². The number of morpholine rings is 1. The monoisotopic (exact) mass is 504 g/mol. The maximum Gasteiger partial charge on any atom is 0.191 e. The molecule has 156 valence electrons. The summed E-state index contributed by atoms with van der Waals surface area (Å²) in [4.78, 5) is 7.21. The molecule has 0 aliphatic carbocycles. The number of ether oxygens (including phenoxy) is 1. The zero-order valence-corrected chi connectivity index (χ0v) is 19.8. The van der Waals surface area contributed by atoms with Crippen LogP contribution in [-0.4, -0.2) is 83.3 Å². The van der Waals surface area contributed by atoms with E-state index in [-0.39, 0.29) is 29.7 Å². The first-order chi connectivity index (χ1) is 11.8. The molecule has 1 rings (SSSR count). The molecular weight excluding hydrogens is 467 g/mol. The summed E-state index contributed by atoms with van der Waals surface area (Å²) in [5, 5.41) is 6.47.